The minimum absolute atomic E-state index is 0.0247. The van der Waals surface area contributed by atoms with Gasteiger partial charge in [-0.1, -0.05) is 18.5 Å². The highest BCUT2D eigenvalue weighted by Crippen LogP contribution is 2.37. The van der Waals surface area contributed by atoms with E-state index in [1.165, 1.54) is 48.1 Å². The molecule has 1 aromatic carbocycles. The van der Waals surface area contributed by atoms with Gasteiger partial charge < -0.3 is 40.3 Å². The Morgan fingerprint density at radius 1 is 1.07 bits per heavy atom. The van der Waals surface area contributed by atoms with E-state index in [-0.39, 0.29) is 69.5 Å². The number of carbonyl (C=O) groups excluding carboxylic acids is 3. The number of piperidine rings is 1. The van der Waals surface area contributed by atoms with Crippen molar-refractivity contribution in [3.05, 3.63) is 71.0 Å². The molecule has 314 valence electrons. The average Bonchev–Trinajstić information content (AvgIpc) is 3.80. The van der Waals surface area contributed by atoms with Gasteiger partial charge in [0.15, 0.2) is 23.9 Å². The molecule has 3 amide bonds. The number of benzene rings is 1. The van der Waals surface area contributed by atoms with Crippen LogP contribution in [0.25, 0.3) is 17.1 Å². The lowest BCUT2D eigenvalue weighted by molar-refractivity contribution is -0.929. The number of aromatic nitrogens is 5. The summed E-state index contributed by atoms with van der Waals surface area (Å²) in [7, 11) is 1.40. The van der Waals surface area contributed by atoms with Crippen molar-refractivity contribution in [3.8, 4) is 17.1 Å². The number of hydrogen-bond acceptors (Lipinski definition) is 9. The monoisotopic (exact) mass is 840 g/mol. The molecule has 7 rings (SSSR count). The molecule has 3 fully saturated rings. The third kappa shape index (κ3) is 8.77. The van der Waals surface area contributed by atoms with Crippen molar-refractivity contribution in [1.29, 1.82) is 0 Å². The first kappa shape index (κ1) is 41.6. The van der Waals surface area contributed by atoms with Crippen LogP contribution >= 0.6 is 11.6 Å². The smallest absolute Gasteiger partial charge is 0.435 e. The average molecular weight is 841 g/mol. The van der Waals surface area contributed by atoms with Crippen molar-refractivity contribution in [2.45, 2.75) is 38.4 Å². The molecule has 1 atom stereocenters. The largest absolute Gasteiger partial charge is 0.477 e. The Kier molecular flexibility index (Phi) is 11.7. The number of nitrogen functional groups attached to an aromatic ring is 1. The van der Waals surface area contributed by atoms with Crippen molar-refractivity contribution >= 4 is 46.7 Å². The molecule has 3 aliphatic rings. The Bertz CT molecular complexity index is 2230. The number of quaternary nitrogens is 1. The number of rotatable bonds is 11. The van der Waals surface area contributed by atoms with Gasteiger partial charge in [0.05, 0.1) is 59.6 Å². The van der Waals surface area contributed by atoms with E-state index >= 15 is 0 Å². The summed E-state index contributed by atoms with van der Waals surface area (Å²) in [4.78, 5) is 64.4. The van der Waals surface area contributed by atoms with Crippen molar-refractivity contribution < 1.29 is 41.9 Å². The fourth-order valence-electron chi connectivity index (χ4n) is 8.41. The second kappa shape index (κ2) is 16.6. The van der Waals surface area contributed by atoms with Crippen LogP contribution in [0.4, 0.5) is 24.5 Å². The SMILES string of the molecule is CC[C@@H]1CN(C(=O)C2CC[N+](CC(=O)O)(CC3CNC3)CC2)CCN1C(=O)c1ccc(NC(=O)c2ncc(-c3cn(-c4ccc(N)cn4)nc3C(F)(F)F)n2C)cc1Cl. The van der Waals surface area contributed by atoms with Crippen LogP contribution in [0.15, 0.2) is 48.9 Å². The van der Waals surface area contributed by atoms with Crippen molar-refractivity contribution in [3.63, 3.8) is 0 Å². The van der Waals surface area contributed by atoms with E-state index in [0.29, 0.717) is 68.1 Å². The molecule has 0 aliphatic carbocycles. The lowest BCUT2D eigenvalue weighted by Gasteiger charge is -2.47. The Hall–Kier alpha value is -5.53. The van der Waals surface area contributed by atoms with Crippen LogP contribution < -0.4 is 16.4 Å². The van der Waals surface area contributed by atoms with E-state index in [4.69, 9.17) is 17.3 Å². The van der Waals surface area contributed by atoms with Crippen LogP contribution in [0.3, 0.4) is 0 Å². The molecule has 59 heavy (non-hydrogen) atoms. The zero-order valence-corrected chi connectivity index (χ0v) is 33.3. The molecule has 0 saturated carbocycles. The summed E-state index contributed by atoms with van der Waals surface area (Å²) >= 11 is 6.63. The molecular weight excluding hydrogens is 795 g/mol. The van der Waals surface area contributed by atoms with Gasteiger partial charge in [0.1, 0.15) is 0 Å². The number of nitrogens with one attached hydrogen (secondary N) is 2. The van der Waals surface area contributed by atoms with Gasteiger partial charge in [0, 0.05) is 82.4 Å². The number of pyridine rings is 1. The number of carbonyl (C=O) groups is 4. The molecule has 0 spiro atoms. The summed E-state index contributed by atoms with van der Waals surface area (Å²) in [5.41, 5.74) is 4.88. The summed E-state index contributed by atoms with van der Waals surface area (Å²) in [5, 5.41) is 19.3. The standard InChI is InChI=1S/C39H45ClF3N11O5/c1-3-27-19-51(37(58)24-8-12-54(13-9-24,22-33(55)56)21-23-15-45-16-23)10-11-52(27)38(59)28-6-5-26(14-30(28)40)48-36(57)35-47-18-31(50(35)2)29-20-53(49-34(29)39(41,42)43)32-7-4-25(44)17-46-32/h4-7,14,17-18,20,23-24,27,45H,3,8-13,15-16,19,21-22,44H2,1-2H3,(H-,48,55,56,57,59)/p+1/t24?,27-,54?/m1/s1. The van der Waals surface area contributed by atoms with E-state index in [1.807, 2.05) is 11.8 Å². The number of aliphatic carboxylic acids is 1. The van der Waals surface area contributed by atoms with Gasteiger partial charge in [0.2, 0.25) is 5.91 Å². The van der Waals surface area contributed by atoms with Crippen LogP contribution in [0, 0.1) is 11.8 Å². The predicted molar refractivity (Wildman–Crippen MR) is 211 cm³/mol. The zero-order valence-electron chi connectivity index (χ0n) is 32.6. The summed E-state index contributed by atoms with van der Waals surface area (Å²) in [5.74, 6) is -1.68. The Labute approximate surface area is 342 Å². The van der Waals surface area contributed by atoms with E-state index in [2.05, 4.69) is 25.7 Å². The van der Waals surface area contributed by atoms with Crippen molar-refractivity contribution in [2.75, 3.05) is 70.0 Å². The predicted octanol–water partition coefficient (Wildman–Crippen LogP) is 3.77. The first-order valence-corrected chi connectivity index (χ1v) is 19.8. The van der Waals surface area contributed by atoms with E-state index in [0.717, 1.165) is 36.7 Å². The molecule has 6 heterocycles. The molecule has 0 bridgehead atoms. The second-order valence-electron chi connectivity index (χ2n) is 15.6. The molecule has 0 radical (unpaired) electrons. The molecule has 3 aromatic heterocycles. The van der Waals surface area contributed by atoms with Gasteiger partial charge in [-0.2, -0.15) is 18.3 Å². The third-order valence-corrected chi connectivity index (χ3v) is 12.0. The number of amides is 3. The lowest BCUT2D eigenvalue weighted by Crippen LogP contribution is -2.63. The topological polar surface area (TPSA) is 194 Å². The quantitative estimate of drug-likeness (QED) is 0.162. The first-order valence-electron chi connectivity index (χ1n) is 19.4. The molecule has 20 heteroatoms. The number of piperazine rings is 1. The Balaban J connectivity index is 0.986. The van der Waals surface area contributed by atoms with Gasteiger partial charge in [-0.25, -0.2) is 19.4 Å². The summed E-state index contributed by atoms with van der Waals surface area (Å²) in [6.07, 6.45) is 0.587. The normalized spacial score (nSPS) is 21.3. The lowest BCUT2D eigenvalue weighted by atomic mass is 9.90. The Morgan fingerprint density at radius 2 is 1.81 bits per heavy atom. The highest BCUT2D eigenvalue weighted by Gasteiger charge is 2.43. The van der Waals surface area contributed by atoms with Crippen LogP contribution in [0.2, 0.25) is 5.02 Å². The summed E-state index contributed by atoms with van der Waals surface area (Å²) in [6.45, 7) is 6.89. The number of hydrogen-bond donors (Lipinski definition) is 4. The highest BCUT2D eigenvalue weighted by molar-refractivity contribution is 6.34. The maximum atomic E-state index is 14.1. The minimum atomic E-state index is -4.83. The van der Waals surface area contributed by atoms with Crippen molar-refractivity contribution in [1.82, 2.24) is 39.4 Å². The number of carboxylic acids is 1. The first-order chi connectivity index (χ1) is 28.1. The van der Waals surface area contributed by atoms with E-state index in [1.54, 1.807) is 4.90 Å². The number of carboxylic acid groups (broad SMARTS) is 1. The maximum absolute atomic E-state index is 14.1. The van der Waals surface area contributed by atoms with Crippen LogP contribution in [-0.2, 0) is 22.8 Å². The highest BCUT2D eigenvalue weighted by atomic mass is 35.5. The van der Waals surface area contributed by atoms with Gasteiger partial charge in [-0.15, -0.1) is 0 Å². The molecule has 5 N–H and O–H groups in total. The number of likely N-dealkylation sites (tertiary alicyclic amines) is 1. The van der Waals surface area contributed by atoms with Crippen molar-refractivity contribution in [2.24, 2.45) is 18.9 Å². The molecule has 4 aromatic rings. The van der Waals surface area contributed by atoms with E-state index < -0.39 is 23.7 Å². The Morgan fingerprint density at radius 3 is 2.42 bits per heavy atom. The third-order valence-electron chi connectivity index (χ3n) is 11.7. The number of nitrogens with two attached hydrogens (primary N) is 1. The maximum Gasteiger partial charge on any atom is 0.435 e. The number of alkyl halides is 3. The number of anilines is 2. The fraction of sp³-hybridized carbons (Fsp3) is 0.462. The second-order valence-corrected chi connectivity index (χ2v) is 16.0. The number of halogens is 4. The van der Waals surface area contributed by atoms with Crippen LogP contribution in [0.1, 0.15) is 52.9 Å². The molecular formula is C39H46ClF3N11O5+. The van der Waals surface area contributed by atoms with Crippen LogP contribution in [0.5, 0.6) is 0 Å². The van der Waals surface area contributed by atoms with Gasteiger partial charge in [-0.05, 0) is 36.8 Å². The summed E-state index contributed by atoms with van der Waals surface area (Å²) < 4.78 is 45.0. The molecule has 3 aliphatic heterocycles. The van der Waals surface area contributed by atoms with Gasteiger partial charge in [-0.3, -0.25) is 14.4 Å². The molecule has 16 nitrogen and oxygen atoms in total. The molecule has 0 unspecified atom stereocenters. The molecule has 3 saturated heterocycles. The van der Waals surface area contributed by atoms with Gasteiger partial charge >= 0.3 is 12.1 Å². The number of nitrogens with zero attached hydrogens (tertiary/aromatic N) is 8. The minimum Gasteiger partial charge on any atom is -0.477 e. The zero-order chi connectivity index (χ0) is 42.2. The van der Waals surface area contributed by atoms with Crippen LogP contribution in [-0.4, -0.2) is 132 Å². The fourth-order valence-corrected chi connectivity index (χ4v) is 8.67. The number of imidazole rings is 1. The van der Waals surface area contributed by atoms with E-state index in [9.17, 15) is 37.5 Å². The summed E-state index contributed by atoms with van der Waals surface area (Å²) in [6, 6.07) is 7.04. The van der Waals surface area contributed by atoms with Gasteiger partial charge in [0.25, 0.3) is 11.8 Å².